The fourth-order valence-corrected chi connectivity index (χ4v) is 8.00. The Morgan fingerprint density at radius 1 is 1.00 bits per heavy atom. The van der Waals surface area contributed by atoms with Crippen molar-refractivity contribution in [3.63, 3.8) is 0 Å². The smallest absolute Gasteiger partial charge is 0.201 e. The molecule has 0 radical (unpaired) electrons. The Morgan fingerprint density at radius 2 is 1.36 bits per heavy atom. The van der Waals surface area contributed by atoms with Gasteiger partial charge in [0.15, 0.2) is 0 Å². The fourth-order valence-electron chi connectivity index (χ4n) is 2.67. The molecule has 0 aromatic carbocycles. The van der Waals surface area contributed by atoms with Gasteiger partial charge in [-0.1, -0.05) is 47.5 Å². The largest absolute Gasteiger partial charge is 0.405 e. The average Bonchev–Trinajstić information content (AvgIpc) is 2.03. The van der Waals surface area contributed by atoms with Gasteiger partial charge in [0.2, 0.25) is 8.32 Å². The summed E-state index contributed by atoms with van der Waals surface area (Å²) in [5.74, 6) is 2.60. The third-order valence-electron chi connectivity index (χ3n) is 3.11. The van der Waals surface area contributed by atoms with Gasteiger partial charge in [-0.15, -0.1) is 6.42 Å². The standard InChI is InChI=1S/C12H24OSi/c1-8-9-13-14(10(2)3,11(4)5)12(6)7/h1,10-12H,9H2,2-7H3. The third-order valence-corrected chi connectivity index (χ3v) is 9.17. The molecule has 82 valence electrons. The van der Waals surface area contributed by atoms with Crippen LogP contribution in [0.25, 0.3) is 0 Å². The van der Waals surface area contributed by atoms with E-state index in [9.17, 15) is 0 Å². The molecule has 0 N–H and O–H groups in total. The van der Waals surface area contributed by atoms with E-state index in [1.165, 1.54) is 0 Å². The van der Waals surface area contributed by atoms with Gasteiger partial charge in [0.05, 0.1) is 6.61 Å². The monoisotopic (exact) mass is 212 g/mol. The maximum atomic E-state index is 6.07. The first-order valence-corrected chi connectivity index (χ1v) is 7.61. The van der Waals surface area contributed by atoms with Gasteiger partial charge in [0.25, 0.3) is 0 Å². The molecule has 2 heteroatoms. The Balaban J connectivity index is 4.87. The molecule has 0 rings (SSSR count). The highest BCUT2D eigenvalue weighted by Gasteiger charge is 2.44. The van der Waals surface area contributed by atoms with E-state index in [1.807, 2.05) is 0 Å². The van der Waals surface area contributed by atoms with Gasteiger partial charge in [-0.2, -0.15) is 0 Å². The molecule has 0 aliphatic rings. The minimum absolute atomic E-state index is 0.473. The van der Waals surface area contributed by atoms with Crippen molar-refractivity contribution in [1.82, 2.24) is 0 Å². The lowest BCUT2D eigenvalue weighted by molar-refractivity contribution is 0.322. The normalized spacial score (nSPS) is 12.6. The predicted molar refractivity (Wildman–Crippen MR) is 65.8 cm³/mol. The van der Waals surface area contributed by atoms with Gasteiger partial charge < -0.3 is 4.43 Å². The van der Waals surface area contributed by atoms with E-state index in [4.69, 9.17) is 10.8 Å². The van der Waals surface area contributed by atoms with Crippen molar-refractivity contribution in [2.45, 2.75) is 58.2 Å². The molecule has 0 aliphatic carbocycles. The molecule has 0 amide bonds. The van der Waals surface area contributed by atoms with Gasteiger partial charge in [0, 0.05) is 0 Å². The number of hydrogen-bond acceptors (Lipinski definition) is 1. The molecule has 0 atom stereocenters. The maximum absolute atomic E-state index is 6.07. The fraction of sp³-hybridized carbons (Fsp3) is 0.833. The molecule has 0 aliphatic heterocycles. The number of terminal acetylenes is 1. The van der Waals surface area contributed by atoms with Crippen LogP contribution in [0.1, 0.15) is 41.5 Å². The summed E-state index contributed by atoms with van der Waals surface area (Å²) in [6.07, 6.45) is 5.28. The van der Waals surface area contributed by atoms with E-state index < -0.39 is 8.32 Å². The molecule has 0 spiro atoms. The van der Waals surface area contributed by atoms with E-state index in [0.29, 0.717) is 23.2 Å². The van der Waals surface area contributed by atoms with Crippen LogP contribution in [0.2, 0.25) is 16.6 Å². The van der Waals surface area contributed by atoms with Crippen LogP contribution in [0, 0.1) is 12.3 Å². The molecule has 0 saturated heterocycles. The second-order valence-electron chi connectivity index (χ2n) is 4.81. The lowest BCUT2D eigenvalue weighted by Crippen LogP contribution is -2.47. The van der Waals surface area contributed by atoms with Crippen molar-refractivity contribution >= 4 is 8.32 Å². The Bertz CT molecular complexity index is 179. The van der Waals surface area contributed by atoms with E-state index >= 15 is 0 Å². The van der Waals surface area contributed by atoms with E-state index in [-0.39, 0.29) is 0 Å². The summed E-state index contributed by atoms with van der Waals surface area (Å²) < 4.78 is 6.07. The molecule has 0 aromatic rings. The van der Waals surface area contributed by atoms with Gasteiger partial charge in [-0.25, -0.2) is 0 Å². The Morgan fingerprint density at radius 3 is 1.57 bits per heavy atom. The van der Waals surface area contributed by atoms with E-state index in [2.05, 4.69) is 47.5 Å². The van der Waals surface area contributed by atoms with Crippen LogP contribution < -0.4 is 0 Å². The second-order valence-corrected chi connectivity index (χ2v) is 10.3. The predicted octanol–water partition coefficient (Wildman–Crippen LogP) is 3.81. The molecule has 0 unspecified atom stereocenters. The summed E-state index contributed by atoms with van der Waals surface area (Å²) in [5, 5.41) is 0. The van der Waals surface area contributed by atoms with Crippen molar-refractivity contribution in [2.24, 2.45) is 0 Å². The minimum atomic E-state index is -1.69. The molecule has 0 aromatic heterocycles. The first-order chi connectivity index (χ1) is 6.39. The molecule has 0 heterocycles. The molecule has 0 fully saturated rings. The topological polar surface area (TPSA) is 9.23 Å². The zero-order valence-electron chi connectivity index (χ0n) is 10.4. The quantitative estimate of drug-likeness (QED) is 0.497. The molecule has 1 nitrogen and oxygen atoms in total. The number of hydrogen-bond donors (Lipinski definition) is 0. The molecule has 14 heavy (non-hydrogen) atoms. The van der Waals surface area contributed by atoms with Crippen LogP contribution in [-0.4, -0.2) is 14.9 Å². The van der Waals surface area contributed by atoms with Crippen LogP contribution in [-0.2, 0) is 4.43 Å². The van der Waals surface area contributed by atoms with Gasteiger partial charge >= 0.3 is 0 Å². The summed E-state index contributed by atoms with van der Waals surface area (Å²) >= 11 is 0. The Kier molecular flexibility index (Phi) is 5.47. The summed E-state index contributed by atoms with van der Waals surface area (Å²) in [5.41, 5.74) is 1.86. The Hall–Kier alpha value is -0.263. The minimum Gasteiger partial charge on any atom is -0.405 e. The molecule has 0 saturated carbocycles. The summed E-state index contributed by atoms with van der Waals surface area (Å²) in [7, 11) is -1.69. The van der Waals surface area contributed by atoms with Crippen molar-refractivity contribution in [3.05, 3.63) is 0 Å². The first kappa shape index (κ1) is 13.7. The van der Waals surface area contributed by atoms with Crippen molar-refractivity contribution in [2.75, 3.05) is 6.61 Å². The van der Waals surface area contributed by atoms with Crippen LogP contribution in [0.3, 0.4) is 0 Å². The van der Waals surface area contributed by atoms with Crippen LogP contribution in [0.4, 0.5) is 0 Å². The highest BCUT2D eigenvalue weighted by molar-refractivity contribution is 6.77. The molecule has 0 bridgehead atoms. The first-order valence-electron chi connectivity index (χ1n) is 5.47. The summed E-state index contributed by atoms with van der Waals surface area (Å²) in [4.78, 5) is 0. The lowest BCUT2D eigenvalue weighted by atomic mass is 10.5. The maximum Gasteiger partial charge on any atom is 0.201 e. The lowest BCUT2D eigenvalue weighted by Gasteiger charge is -2.41. The molecular formula is C12H24OSi. The van der Waals surface area contributed by atoms with Crippen LogP contribution in [0.15, 0.2) is 0 Å². The van der Waals surface area contributed by atoms with Crippen molar-refractivity contribution < 1.29 is 4.43 Å². The molecular weight excluding hydrogens is 188 g/mol. The zero-order chi connectivity index (χ0) is 11.4. The summed E-state index contributed by atoms with van der Waals surface area (Å²) in [6, 6.07) is 0. The van der Waals surface area contributed by atoms with E-state index in [0.717, 1.165) is 0 Å². The average molecular weight is 212 g/mol. The van der Waals surface area contributed by atoms with Crippen molar-refractivity contribution in [3.8, 4) is 12.3 Å². The summed E-state index contributed by atoms with van der Waals surface area (Å²) in [6.45, 7) is 14.1. The van der Waals surface area contributed by atoms with E-state index in [1.54, 1.807) is 0 Å². The van der Waals surface area contributed by atoms with Crippen LogP contribution >= 0.6 is 0 Å². The highest BCUT2D eigenvalue weighted by atomic mass is 28.4. The SMILES string of the molecule is C#CCO[Si](C(C)C)(C(C)C)C(C)C. The Labute approximate surface area is 90.4 Å². The van der Waals surface area contributed by atoms with Crippen molar-refractivity contribution in [1.29, 1.82) is 0 Å². The third kappa shape index (κ3) is 2.62. The zero-order valence-corrected chi connectivity index (χ0v) is 11.4. The highest BCUT2D eigenvalue weighted by Crippen LogP contribution is 2.41. The number of rotatable bonds is 5. The second kappa shape index (κ2) is 5.58. The van der Waals surface area contributed by atoms with Gasteiger partial charge in [-0.3, -0.25) is 0 Å². The van der Waals surface area contributed by atoms with Gasteiger partial charge in [-0.05, 0) is 16.6 Å². The van der Waals surface area contributed by atoms with Crippen LogP contribution in [0.5, 0.6) is 0 Å². The van der Waals surface area contributed by atoms with Gasteiger partial charge in [0.1, 0.15) is 0 Å².